The van der Waals surface area contributed by atoms with Gasteiger partial charge in [-0.05, 0) is 60.4 Å². The van der Waals surface area contributed by atoms with Crippen molar-refractivity contribution in [3.63, 3.8) is 0 Å². The molecule has 1 aromatic heterocycles. The summed E-state index contributed by atoms with van der Waals surface area (Å²) in [6.07, 6.45) is -2.06. The summed E-state index contributed by atoms with van der Waals surface area (Å²) in [5.74, 6) is 0.516. The Morgan fingerprint density at radius 1 is 1.12 bits per heavy atom. The highest BCUT2D eigenvalue weighted by atomic mass is 35.5. The van der Waals surface area contributed by atoms with E-state index in [2.05, 4.69) is 10.5 Å². The number of alkyl halides is 3. The molecule has 0 saturated carbocycles. The van der Waals surface area contributed by atoms with Crippen LogP contribution in [0.25, 0.3) is 0 Å². The Labute approximate surface area is 206 Å². The number of hydrogen-bond donors (Lipinski definition) is 1. The van der Waals surface area contributed by atoms with Crippen LogP contribution in [0.15, 0.2) is 34.5 Å². The molecule has 1 atom stereocenters. The first-order valence-electron chi connectivity index (χ1n) is 10.2. The molecule has 0 bridgehead atoms. The van der Waals surface area contributed by atoms with Crippen LogP contribution in [-0.2, 0) is 23.3 Å². The molecule has 3 heterocycles. The monoisotopic (exact) mass is 532 g/mol. The van der Waals surface area contributed by atoms with E-state index in [1.165, 1.54) is 29.5 Å². The third-order valence-electron chi connectivity index (χ3n) is 5.94. The van der Waals surface area contributed by atoms with Gasteiger partial charge in [0.25, 0.3) is 11.5 Å². The van der Waals surface area contributed by atoms with Gasteiger partial charge in [-0.2, -0.15) is 13.2 Å². The summed E-state index contributed by atoms with van der Waals surface area (Å²) in [6, 6.07) is 3.77. The van der Waals surface area contributed by atoms with Gasteiger partial charge in [-0.1, -0.05) is 28.4 Å². The first-order chi connectivity index (χ1) is 15.7. The molecule has 0 saturated heterocycles. The zero-order valence-corrected chi connectivity index (χ0v) is 20.2. The first-order valence-corrected chi connectivity index (χ1v) is 12.9. The normalized spacial score (nSPS) is 22.1. The third kappa shape index (κ3) is 4.07. The van der Waals surface area contributed by atoms with Gasteiger partial charge in [0.05, 0.1) is 16.2 Å². The van der Waals surface area contributed by atoms with Gasteiger partial charge in [-0.25, -0.2) is 0 Å². The number of carbonyl (C=O) groups is 1. The number of nitrogens with one attached hydrogen (secondary N) is 1. The molecule has 0 fully saturated rings. The number of fused-ring (bicyclic) bond motifs is 1. The molecule has 11 heteroatoms. The van der Waals surface area contributed by atoms with Crippen LogP contribution in [0.4, 0.5) is 13.2 Å². The highest BCUT2D eigenvalue weighted by Crippen LogP contribution is 2.51. The molecule has 33 heavy (non-hydrogen) atoms. The minimum atomic E-state index is -4.77. The lowest BCUT2D eigenvalue weighted by Crippen LogP contribution is -2.42. The topological polar surface area (TPSA) is 50.7 Å². The summed E-state index contributed by atoms with van der Waals surface area (Å²) in [5, 5.41) is 8.83. The second-order valence-corrected chi connectivity index (χ2v) is 10.9. The molecule has 1 aliphatic carbocycles. The van der Waals surface area contributed by atoms with Crippen molar-refractivity contribution in [2.75, 3.05) is 5.75 Å². The highest BCUT2D eigenvalue weighted by molar-refractivity contribution is 8.03. The van der Waals surface area contributed by atoms with E-state index in [1.54, 1.807) is 11.8 Å². The molecule has 2 aliphatic heterocycles. The number of benzene rings is 1. The number of thiophene rings is 1. The van der Waals surface area contributed by atoms with E-state index in [4.69, 9.17) is 28.0 Å². The van der Waals surface area contributed by atoms with E-state index in [0.717, 1.165) is 35.4 Å². The van der Waals surface area contributed by atoms with Gasteiger partial charge in [0.15, 0.2) is 0 Å². The van der Waals surface area contributed by atoms with Crippen LogP contribution < -0.4 is 5.32 Å². The number of amides is 1. The lowest BCUT2D eigenvalue weighted by molar-refractivity contribution is -0.275. The molecule has 1 amide bonds. The van der Waals surface area contributed by atoms with Crippen molar-refractivity contribution in [2.24, 2.45) is 5.16 Å². The number of thioether (sulfide) groups is 1. The maximum absolute atomic E-state index is 14.4. The quantitative estimate of drug-likeness (QED) is 0.469. The van der Waals surface area contributed by atoms with Crippen LogP contribution in [0.1, 0.15) is 50.5 Å². The van der Waals surface area contributed by atoms with E-state index in [9.17, 15) is 18.0 Å². The largest absolute Gasteiger partial charge is 0.435 e. The van der Waals surface area contributed by atoms with E-state index in [-0.39, 0.29) is 27.2 Å². The predicted octanol–water partition coefficient (Wildman–Crippen LogP) is 6.83. The molecular weight excluding hydrogens is 516 g/mol. The standard InChI is InChI=1S/C22H17Cl2F3N2O2S2/c23-12-5-11(6-13(24)7-12)21(22(25,26)27)8-17(29-31-21)18-15-3-1-2-4-16(15)19(33-18)20(30)28-14-9-32-10-14/h5-7,9H,1-4,8,10H2,(H,28,30). The Balaban J connectivity index is 1.53. The molecule has 0 radical (unpaired) electrons. The van der Waals surface area contributed by atoms with Crippen molar-refractivity contribution in [2.45, 2.75) is 43.9 Å². The van der Waals surface area contributed by atoms with Crippen molar-refractivity contribution in [3.8, 4) is 0 Å². The zero-order valence-electron chi connectivity index (χ0n) is 17.0. The lowest BCUT2D eigenvalue weighted by Gasteiger charge is -2.29. The Morgan fingerprint density at radius 2 is 1.79 bits per heavy atom. The molecule has 1 N–H and O–H groups in total. The molecule has 0 spiro atoms. The van der Waals surface area contributed by atoms with Crippen molar-refractivity contribution in [1.82, 2.24) is 5.32 Å². The highest BCUT2D eigenvalue weighted by Gasteiger charge is 2.62. The van der Waals surface area contributed by atoms with E-state index >= 15 is 0 Å². The molecule has 4 nitrogen and oxygen atoms in total. The third-order valence-corrected chi connectivity index (χ3v) is 8.63. The summed E-state index contributed by atoms with van der Waals surface area (Å²) < 4.78 is 43.1. The lowest BCUT2D eigenvalue weighted by atomic mass is 9.85. The maximum atomic E-state index is 14.4. The summed E-state index contributed by atoms with van der Waals surface area (Å²) in [4.78, 5) is 19.2. The molecule has 1 unspecified atom stereocenters. The van der Waals surface area contributed by atoms with Crippen LogP contribution in [0.3, 0.4) is 0 Å². The fourth-order valence-electron chi connectivity index (χ4n) is 4.30. The summed E-state index contributed by atoms with van der Waals surface area (Å²) in [6.45, 7) is 0. The maximum Gasteiger partial charge on any atom is 0.435 e. The van der Waals surface area contributed by atoms with Crippen molar-refractivity contribution >= 4 is 57.9 Å². The second kappa shape index (κ2) is 8.52. The molecule has 2 aromatic rings. The average molecular weight is 533 g/mol. The van der Waals surface area contributed by atoms with Gasteiger partial charge in [-0.3, -0.25) is 4.79 Å². The van der Waals surface area contributed by atoms with E-state index in [1.807, 2.05) is 5.41 Å². The number of carbonyl (C=O) groups excluding carboxylic acids is 1. The number of halogens is 5. The van der Waals surface area contributed by atoms with Gasteiger partial charge >= 0.3 is 6.18 Å². The van der Waals surface area contributed by atoms with E-state index in [0.29, 0.717) is 22.6 Å². The Kier molecular flexibility index (Phi) is 5.96. The van der Waals surface area contributed by atoms with Gasteiger partial charge in [0.1, 0.15) is 5.71 Å². The van der Waals surface area contributed by atoms with Gasteiger partial charge in [0, 0.05) is 27.1 Å². The molecular formula is C22H17Cl2F3N2O2S2. The minimum absolute atomic E-state index is 0.0779. The van der Waals surface area contributed by atoms with Gasteiger partial charge in [-0.15, -0.1) is 23.1 Å². The minimum Gasteiger partial charge on any atom is -0.374 e. The SMILES string of the molecule is O=C(NC1=CSC1)c1sc(C2=NOC(c3cc(Cl)cc(Cl)c3)(C(F)(F)F)C2)c2c1CCCC2. The van der Waals surface area contributed by atoms with E-state index < -0.39 is 18.2 Å². The Bertz CT molecular complexity index is 1190. The van der Waals surface area contributed by atoms with Gasteiger partial charge in [0.2, 0.25) is 0 Å². The second-order valence-electron chi connectivity index (χ2n) is 8.12. The zero-order chi connectivity index (χ0) is 23.4. The number of oxime groups is 1. The number of rotatable bonds is 4. The van der Waals surface area contributed by atoms with Crippen molar-refractivity contribution < 1.29 is 22.8 Å². The fraction of sp³-hybridized carbons (Fsp3) is 0.364. The van der Waals surface area contributed by atoms with Crippen LogP contribution in [0, 0.1) is 0 Å². The van der Waals surface area contributed by atoms with Crippen LogP contribution in [-0.4, -0.2) is 23.5 Å². The predicted molar refractivity (Wildman–Crippen MR) is 125 cm³/mol. The van der Waals surface area contributed by atoms with Gasteiger partial charge < -0.3 is 10.2 Å². The van der Waals surface area contributed by atoms with Crippen molar-refractivity contribution in [3.05, 3.63) is 65.8 Å². The summed E-state index contributed by atoms with van der Waals surface area (Å²) in [7, 11) is 0. The summed E-state index contributed by atoms with van der Waals surface area (Å²) in [5.41, 5.74) is -0.0612. The van der Waals surface area contributed by atoms with Crippen molar-refractivity contribution in [1.29, 1.82) is 0 Å². The smallest absolute Gasteiger partial charge is 0.374 e. The molecule has 5 rings (SSSR count). The first kappa shape index (κ1) is 23.1. The Morgan fingerprint density at radius 3 is 2.39 bits per heavy atom. The number of hydrogen-bond acceptors (Lipinski definition) is 5. The Hall–Kier alpha value is -1.68. The van der Waals surface area contributed by atoms with Crippen LogP contribution >= 0.6 is 46.3 Å². The fourth-order valence-corrected chi connectivity index (χ4v) is 6.56. The molecule has 3 aliphatic rings. The summed E-state index contributed by atoms with van der Waals surface area (Å²) >= 11 is 14.8. The van der Waals surface area contributed by atoms with Crippen LogP contribution in [0.5, 0.6) is 0 Å². The van der Waals surface area contributed by atoms with Crippen LogP contribution in [0.2, 0.25) is 10.0 Å². The number of nitrogens with zero attached hydrogens (tertiary/aromatic N) is 1. The average Bonchev–Trinajstić information content (AvgIpc) is 3.32. The molecule has 1 aromatic carbocycles. The molecule has 174 valence electrons.